The topological polar surface area (TPSA) is 83.5 Å². The number of amides is 1. The Labute approximate surface area is 236 Å². The highest BCUT2D eigenvalue weighted by atomic mass is 32.2. The van der Waals surface area contributed by atoms with E-state index in [1.54, 1.807) is 6.92 Å². The van der Waals surface area contributed by atoms with Crippen LogP contribution in [-0.2, 0) is 31.5 Å². The number of carbonyl (C=O) groups excluding carboxylic acids is 1. The lowest BCUT2D eigenvalue weighted by atomic mass is 9.71. The number of benzene rings is 2. The lowest BCUT2D eigenvalue weighted by Crippen LogP contribution is -2.53. The molecule has 3 atom stereocenters. The van der Waals surface area contributed by atoms with Crippen molar-refractivity contribution in [2.45, 2.75) is 84.8 Å². The van der Waals surface area contributed by atoms with E-state index in [1.807, 2.05) is 0 Å². The molecule has 14 heteroatoms. The Bertz CT molecular complexity index is 1480. The molecule has 2 aromatic carbocycles. The second-order valence-corrected chi connectivity index (χ2v) is 14.0. The van der Waals surface area contributed by atoms with E-state index in [-0.39, 0.29) is 54.5 Å². The van der Waals surface area contributed by atoms with Crippen LogP contribution in [0.4, 0.5) is 35.1 Å². The van der Waals surface area contributed by atoms with Gasteiger partial charge in [0.25, 0.3) is 0 Å². The van der Waals surface area contributed by atoms with Gasteiger partial charge in [-0.05, 0) is 80.8 Å². The van der Waals surface area contributed by atoms with Gasteiger partial charge in [0.05, 0.1) is 10.5 Å². The Kier molecular flexibility index (Phi) is 7.04. The van der Waals surface area contributed by atoms with Gasteiger partial charge in [-0.15, -0.1) is 0 Å². The molecule has 0 heterocycles. The first-order valence-electron chi connectivity index (χ1n) is 13.2. The largest absolute Gasteiger partial charge is 0.435 e. The van der Waals surface area contributed by atoms with Crippen molar-refractivity contribution in [2.75, 3.05) is 0 Å². The van der Waals surface area contributed by atoms with Crippen LogP contribution in [-0.4, -0.2) is 43.4 Å². The molecule has 2 fully saturated rings. The highest BCUT2D eigenvalue weighted by molar-refractivity contribution is 7.92. The summed E-state index contributed by atoms with van der Waals surface area (Å²) in [5.74, 6) is -2.50. The van der Waals surface area contributed by atoms with E-state index in [4.69, 9.17) is 0 Å². The predicted octanol–water partition coefficient (Wildman–Crippen LogP) is 5.79. The van der Waals surface area contributed by atoms with Crippen LogP contribution >= 0.6 is 0 Å². The second kappa shape index (κ2) is 9.63. The maximum atomic E-state index is 14.9. The van der Waals surface area contributed by atoms with Gasteiger partial charge in [0.15, 0.2) is 9.84 Å². The summed E-state index contributed by atoms with van der Waals surface area (Å²) in [6, 6.07) is 4.67. The van der Waals surface area contributed by atoms with Crippen molar-refractivity contribution in [1.82, 2.24) is 5.32 Å². The number of sulfone groups is 1. The molecule has 0 aromatic heterocycles. The standard InChI is InChI=1S/C28H27F8NO4S/c1-24(39)13-16(14-24)23(38)37-22-10-11-25(42(40,41)19-6-4-18(29)5-7-19)20-9-3-17(12-15(20)2-8-21(22)25)26(30,27(31,32)33)28(34,35)36/h3-7,9,12,16,21-22,39H,2,8,10-11,13-14H2,1H3,(H,37,38)/t16-,21-,22+,24-,25+/m0/s1. The zero-order chi connectivity index (χ0) is 31.1. The van der Waals surface area contributed by atoms with Crippen LogP contribution in [0.1, 0.15) is 55.7 Å². The molecule has 3 aliphatic rings. The van der Waals surface area contributed by atoms with Gasteiger partial charge in [0.1, 0.15) is 10.6 Å². The first kappa shape index (κ1) is 30.7. The third kappa shape index (κ3) is 4.51. The van der Waals surface area contributed by atoms with Crippen molar-refractivity contribution in [1.29, 1.82) is 0 Å². The Balaban J connectivity index is 1.62. The predicted molar refractivity (Wildman–Crippen MR) is 133 cm³/mol. The number of aliphatic hydroxyl groups is 1. The van der Waals surface area contributed by atoms with Gasteiger partial charge in [0, 0.05) is 23.4 Å². The molecule has 2 saturated carbocycles. The van der Waals surface area contributed by atoms with Crippen molar-refractivity contribution in [3.05, 3.63) is 65.0 Å². The van der Waals surface area contributed by atoms with Crippen molar-refractivity contribution in [2.24, 2.45) is 11.8 Å². The maximum Gasteiger partial charge on any atom is 0.435 e. The van der Waals surface area contributed by atoms with Crippen LogP contribution in [0.5, 0.6) is 0 Å². The molecular weight excluding hydrogens is 598 g/mol. The average Bonchev–Trinajstić information content (AvgIpc) is 3.25. The fourth-order valence-corrected chi connectivity index (χ4v) is 9.51. The van der Waals surface area contributed by atoms with Crippen LogP contribution in [0.3, 0.4) is 0 Å². The molecule has 2 aromatic rings. The van der Waals surface area contributed by atoms with E-state index in [0.29, 0.717) is 12.1 Å². The van der Waals surface area contributed by atoms with E-state index in [2.05, 4.69) is 5.32 Å². The van der Waals surface area contributed by atoms with Gasteiger partial charge < -0.3 is 10.4 Å². The van der Waals surface area contributed by atoms with Crippen molar-refractivity contribution in [3.8, 4) is 0 Å². The third-order valence-corrected chi connectivity index (χ3v) is 11.6. The van der Waals surface area contributed by atoms with Crippen LogP contribution < -0.4 is 5.32 Å². The smallest absolute Gasteiger partial charge is 0.390 e. The van der Waals surface area contributed by atoms with Crippen molar-refractivity contribution < 1.29 is 53.4 Å². The summed E-state index contributed by atoms with van der Waals surface area (Å²) in [5, 5.41) is 12.9. The molecule has 0 aliphatic heterocycles. The number of carbonyl (C=O) groups is 1. The Morgan fingerprint density at radius 1 is 0.952 bits per heavy atom. The minimum Gasteiger partial charge on any atom is -0.390 e. The Morgan fingerprint density at radius 3 is 2.10 bits per heavy atom. The van der Waals surface area contributed by atoms with Gasteiger partial charge in [0.2, 0.25) is 5.91 Å². The molecule has 0 spiro atoms. The molecule has 0 radical (unpaired) electrons. The SMILES string of the molecule is C[C@]1(O)C[C@H](C(=O)N[C@@H]2CC[C@@]3(S(=O)(=O)c4ccc(F)cc4)c4ccc(C(F)(C(F)(F)F)C(F)(F)F)cc4CC[C@@H]23)C1. The van der Waals surface area contributed by atoms with E-state index in [9.17, 15) is 53.4 Å². The quantitative estimate of drug-likeness (QED) is 0.326. The number of halogens is 8. The van der Waals surface area contributed by atoms with Gasteiger partial charge in [-0.2, -0.15) is 26.3 Å². The fourth-order valence-electron chi connectivity index (χ4n) is 7.04. The molecule has 1 amide bonds. The average molecular weight is 626 g/mol. The van der Waals surface area contributed by atoms with E-state index in [0.717, 1.165) is 30.3 Å². The molecule has 2 N–H and O–H groups in total. The zero-order valence-electron chi connectivity index (χ0n) is 22.1. The van der Waals surface area contributed by atoms with Crippen LogP contribution in [0.15, 0.2) is 47.4 Å². The minimum atomic E-state index is -6.34. The number of rotatable bonds is 5. The summed E-state index contributed by atoms with van der Waals surface area (Å²) < 4.78 is 136. The van der Waals surface area contributed by atoms with Gasteiger partial charge in [-0.3, -0.25) is 4.79 Å². The van der Waals surface area contributed by atoms with E-state index in [1.165, 1.54) is 0 Å². The molecule has 3 aliphatic carbocycles. The summed E-state index contributed by atoms with van der Waals surface area (Å²) in [7, 11) is -4.49. The lowest BCUT2D eigenvalue weighted by molar-refractivity contribution is -0.348. The lowest BCUT2D eigenvalue weighted by Gasteiger charge is -2.44. The number of fused-ring (bicyclic) bond motifs is 3. The first-order chi connectivity index (χ1) is 19.2. The number of nitrogens with one attached hydrogen (secondary N) is 1. The summed E-state index contributed by atoms with van der Waals surface area (Å²) in [5.41, 5.74) is -8.68. The molecular formula is C28H27F8NO4S. The Morgan fingerprint density at radius 2 is 1.55 bits per heavy atom. The number of alkyl halides is 7. The van der Waals surface area contributed by atoms with Gasteiger partial charge in [-0.25, -0.2) is 17.2 Å². The summed E-state index contributed by atoms with van der Waals surface area (Å²) >= 11 is 0. The molecule has 5 nitrogen and oxygen atoms in total. The molecule has 42 heavy (non-hydrogen) atoms. The molecule has 0 saturated heterocycles. The van der Waals surface area contributed by atoms with Crippen molar-refractivity contribution >= 4 is 15.7 Å². The van der Waals surface area contributed by atoms with Crippen LogP contribution in [0.25, 0.3) is 0 Å². The monoisotopic (exact) mass is 625 g/mol. The van der Waals surface area contributed by atoms with E-state index < -0.39 is 73.4 Å². The number of hydrogen-bond donors (Lipinski definition) is 2. The van der Waals surface area contributed by atoms with E-state index >= 15 is 0 Å². The normalized spacial score (nSPS) is 29.8. The molecule has 0 unspecified atom stereocenters. The highest BCUT2D eigenvalue weighted by Crippen LogP contribution is 2.59. The maximum absolute atomic E-state index is 14.9. The second-order valence-electron chi connectivity index (χ2n) is 11.8. The molecule has 5 rings (SSSR count). The van der Waals surface area contributed by atoms with Gasteiger partial charge in [-0.1, -0.05) is 18.2 Å². The Hall–Kier alpha value is -2.74. The van der Waals surface area contributed by atoms with Crippen LogP contribution in [0, 0.1) is 17.7 Å². The number of aryl methyl sites for hydroxylation is 1. The van der Waals surface area contributed by atoms with Gasteiger partial charge >= 0.3 is 18.0 Å². The molecule has 0 bridgehead atoms. The summed E-state index contributed by atoms with van der Waals surface area (Å²) in [6.07, 6.45) is -12.6. The summed E-state index contributed by atoms with van der Waals surface area (Å²) in [4.78, 5) is 12.6. The van der Waals surface area contributed by atoms with Crippen molar-refractivity contribution in [3.63, 3.8) is 0 Å². The number of hydrogen-bond acceptors (Lipinski definition) is 4. The highest BCUT2D eigenvalue weighted by Gasteiger charge is 2.73. The third-order valence-electron chi connectivity index (χ3n) is 9.05. The summed E-state index contributed by atoms with van der Waals surface area (Å²) in [6.45, 7) is 1.57. The zero-order valence-corrected chi connectivity index (χ0v) is 22.9. The first-order valence-corrected chi connectivity index (χ1v) is 14.7. The molecule has 230 valence electrons. The van der Waals surface area contributed by atoms with Crippen LogP contribution in [0.2, 0.25) is 0 Å². The fraction of sp³-hybridized carbons (Fsp3) is 0.536. The minimum absolute atomic E-state index is 0.0540.